The van der Waals surface area contributed by atoms with E-state index in [1.54, 1.807) is 17.0 Å². The number of ether oxygens (including phenoxy) is 1. The maximum atomic E-state index is 13.7. The van der Waals surface area contributed by atoms with E-state index >= 15 is 0 Å². The highest BCUT2D eigenvalue weighted by molar-refractivity contribution is 7.89. The third-order valence-corrected chi connectivity index (χ3v) is 9.05. The molecule has 2 heterocycles. The van der Waals surface area contributed by atoms with Gasteiger partial charge in [0, 0.05) is 24.7 Å². The third-order valence-electron chi connectivity index (χ3n) is 6.82. The van der Waals surface area contributed by atoms with Crippen molar-refractivity contribution in [3.63, 3.8) is 0 Å². The second-order valence-corrected chi connectivity index (χ2v) is 11.2. The highest BCUT2D eigenvalue weighted by atomic mass is 35.5. The summed E-state index contributed by atoms with van der Waals surface area (Å²) in [6.07, 6.45) is 3.26. The van der Waals surface area contributed by atoms with E-state index in [9.17, 15) is 13.2 Å². The molecule has 7 nitrogen and oxygen atoms in total. The molecule has 0 aliphatic carbocycles. The van der Waals surface area contributed by atoms with Gasteiger partial charge in [-0.1, -0.05) is 41.9 Å². The number of nitrogens with zero attached hydrogens (tertiary/aromatic N) is 2. The monoisotopic (exact) mass is 506 g/mol. The second-order valence-electron chi connectivity index (χ2n) is 8.97. The van der Waals surface area contributed by atoms with Crippen LogP contribution in [0.3, 0.4) is 0 Å². The first kappa shape index (κ1) is 25.0. The largest absolute Gasteiger partial charge is 0.448 e. The number of likely N-dealkylation sites (tertiary alicyclic amines) is 1. The van der Waals surface area contributed by atoms with E-state index in [-0.39, 0.29) is 24.2 Å². The maximum Gasteiger partial charge on any atom is 0.409 e. The zero-order valence-corrected chi connectivity index (χ0v) is 20.6. The van der Waals surface area contributed by atoms with Crippen molar-refractivity contribution < 1.29 is 23.1 Å². The first-order valence-corrected chi connectivity index (χ1v) is 13.6. The number of aliphatic hydroxyl groups excluding tert-OH is 1. The van der Waals surface area contributed by atoms with Gasteiger partial charge in [-0.2, -0.15) is 4.31 Å². The normalized spacial score (nSPS) is 22.1. The summed E-state index contributed by atoms with van der Waals surface area (Å²) in [7, 11) is -3.84. The Labute approximate surface area is 206 Å². The molecule has 4 rings (SSSR count). The molecule has 2 aliphatic heterocycles. The number of carbonyl (C=O) groups excluding carboxylic acids is 1. The maximum absolute atomic E-state index is 13.7. The van der Waals surface area contributed by atoms with Gasteiger partial charge < -0.3 is 14.7 Å². The van der Waals surface area contributed by atoms with Gasteiger partial charge in [0.25, 0.3) is 0 Å². The van der Waals surface area contributed by atoms with Crippen LogP contribution in [0.15, 0.2) is 59.5 Å². The van der Waals surface area contributed by atoms with Crippen molar-refractivity contribution in [2.75, 3.05) is 26.3 Å². The average molecular weight is 507 g/mol. The highest BCUT2D eigenvalue weighted by Gasteiger charge is 2.43. The Morgan fingerprint density at radius 2 is 1.68 bits per heavy atom. The van der Waals surface area contributed by atoms with Crippen molar-refractivity contribution in [3.8, 4) is 0 Å². The average Bonchev–Trinajstić information content (AvgIpc) is 3.29. The Balaban J connectivity index is 1.49. The van der Waals surface area contributed by atoms with Crippen LogP contribution in [-0.2, 0) is 14.8 Å². The summed E-state index contributed by atoms with van der Waals surface area (Å²) >= 11 is 5.98. The van der Waals surface area contributed by atoms with Gasteiger partial charge in [0.05, 0.1) is 17.0 Å². The third kappa shape index (κ3) is 5.57. The molecule has 0 aromatic heterocycles. The van der Waals surface area contributed by atoms with Crippen LogP contribution >= 0.6 is 11.6 Å². The summed E-state index contributed by atoms with van der Waals surface area (Å²) in [5, 5.41) is 9.59. The highest BCUT2D eigenvalue weighted by Crippen LogP contribution is 2.40. The number of rotatable bonds is 7. The quantitative estimate of drug-likeness (QED) is 0.599. The fourth-order valence-electron chi connectivity index (χ4n) is 4.94. The predicted molar refractivity (Wildman–Crippen MR) is 130 cm³/mol. The summed E-state index contributed by atoms with van der Waals surface area (Å²) in [6.45, 7) is 1.35. The molecule has 2 saturated heterocycles. The first-order chi connectivity index (χ1) is 16.4. The first-order valence-electron chi connectivity index (χ1n) is 11.8. The van der Waals surface area contributed by atoms with E-state index in [0.29, 0.717) is 36.9 Å². The van der Waals surface area contributed by atoms with Crippen molar-refractivity contribution in [2.45, 2.75) is 49.1 Å². The SMILES string of the molecule is O=C(OC[C@H]1CCC(c2ccccc2)N1S(=O)(=O)c1ccc(Cl)cc1)N1CCC(CCO)CC1. The second kappa shape index (κ2) is 11.1. The van der Waals surface area contributed by atoms with Crippen LogP contribution in [-0.4, -0.2) is 61.2 Å². The van der Waals surface area contributed by atoms with Crippen molar-refractivity contribution in [1.29, 1.82) is 0 Å². The van der Waals surface area contributed by atoms with Crippen LogP contribution in [0.1, 0.15) is 43.7 Å². The van der Waals surface area contributed by atoms with E-state index in [1.165, 1.54) is 16.4 Å². The Bertz CT molecular complexity index is 1060. The zero-order chi connectivity index (χ0) is 24.1. The van der Waals surface area contributed by atoms with Crippen LogP contribution < -0.4 is 0 Å². The van der Waals surface area contributed by atoms with Gasteiger partial charge in [0.2, 0.25) is 10.0 Å². The topological polar surface area (TPSA) is 87.2 Å². The molecule has 0 saturated carbocycles. The van der Waals surface area contributed by atoms with Crippen molar-refractivity contribution in [2.24, 2.45) is 5.92 Å². The molecule has 2 atom stereocenters. The molecule has 0 bridgehead atoms. The molecule has 2 fully saturated rings. The molecule has 1 unspecified atom stereocenters. The van der Waals surface area contributed by atoms with Crippen molar-refractivity contribution >= 4 is 27.7 Å². The summed E-state index contributed by atoms with van der Waals surface area (Å²) < 4.78 is 34.5. The van der Waals surface area contributed by atoms with E-state index in [1.807, 2.05) is 30.3 Å². The number of carbonyl (C=O) groups is 1. The van der Waals surface area contributed by atoms with E-state index < -0.39 is 22.2 Å². The molecule has 2 aromatic rings. The molecule has 9 heteroatoms. The molecule has 0 spiro atoms. The fraction of sp³-hybridized carbons (Fsp3) is 0.480. The lowest BCUT2D eigenvalue weighted by atomic mass is 9.94. The molecule has 1 N–H and O–H groups in total. The van der Waals surface area contributed by atoms with Gasteiger partial charge in [-0.25, -0.2) is 13.2 Å². The van der Waals surface area contributed by atoms with Gasteiger partial charge in [0.1, 0.15) is 6.61 Å². The van der Waals surface area contributed by atoms with E-state index in [0.717, 1.165) is 24.8 Å². The Morgan fingerprint density at radius 1 is 1.00 bits per heavy atom. The standard InChI is InChI=1S/C25H31ClN2O5S/c26-21-6-9-23(10-7-21)34(31,32)28-22(8-11-24(28)20-4-2-1-3-5-20)18-33-25(30)27-15-12-19(13-16-27)14-17-29/h1-7,9-10,19,22,24,29H,8,11-18H2/t22-,24?/m1/s1. The van der Waals surface area contributed by atoms with Gasteiger partial charge in [-0.05, 0) is 67.9 Å². The van der Waals surface area contributed by atoms with Crippen LogP contribution in [0.5, 0.6) is 0 Å². The number of hydrogen-bond acceptors (Lipinski definition) is 5. The molecule has 2 aromatic carbocycles. The van der Waals surface area contributed by atoms with Gasteiger partial charge >= 0.3 is 6.09 Å². The lowest BCUT2D eigenvalue weighted by molar-refractivity contribution is 0.0711. The minimum absolute atomic E-state index is 0.00551. The van der Waals surface area contributed by atoms with E-state index in [4.69, 9.17) is 21.4 Å². The smallest absolute Gasteiger partial charge is 0.409 e. The zero-order valence-electron chi connectivity index (χ0n) is 19.1. The van der Waals surface area contributed by atoms with Gasteiger partial charge in [-0.15, -0.1) is 0 Å². The fourth-order valence-corrected chi connectivity index (χ4v) is 6.91. The van der Waals surface area contributed by atoms with E-state index in [2.05, 4.69) is 0 Å². The van der Waals surface area contributed by atoms with Crippen molar-refractivity contribution in [3.05, 3.63) is 65.2 Å². The Hall–Kier alpha value is -2.13. The Morgan fingerprint density at radius 3 is 2.32 bits per heavy atom. The van der Waals surface area contributed by atoms with Crippen LogP contribution in [0.4, 0.5) is 4.79 Å². The Kier molecular flexibility index (Phi) is 8.14. The summed E-state index contributed by atoms with van der Waals surface area (Å²) in [5.74, 6) is 0.426. The lowest BCUT2D eigenvalue weighted by Gasteiger charge is -2.32. The van der Waals surface area contributed by atoms with Gasteiger partial charge in [-0.3, -0.25) is 0 Å². The van der Waals surface area contributed by atoms with Crippen LogP contribution in [0, 0.1) is 5.92 Å². The molecule has 0 radical (unpaired) electrons. The molecular weight excluding hydrogens is 476 g/mol. The molecule has 184 valence electrons. The number of sulfonamides is 1. The van der Waals surface area contributed by atoms with Crippen LogP contribution in [0.2, 0.25) is 5.02 Å². The summed E-state index contributed by atoms with van der Waals surface area (Å²) in [5.41, 5.74) is 0.917. The predicted octanol–water partition coefficient (Wildman–Crippen LogP) is 4.47. The number of benzene rings is 2. The number of amides is 1. The van der Waals surface area contributed by atoms with Crippen molar-refractivity contribution in [1.82, 2.24) is 9.21 Å². The lowest BCUT2D eigenvalue weighted by Crippen LogP contribution is -2.43. The molecular formula is C25H31ClN2O5S. The number of hydrogen-bond donors (Lipinski definition) is 1. The molecule has 1 amide bonds. The van der Waals surface area contributed by atoms with Gasteiger partial charge in [0.15, 0.2) is 0 Å². The summed E-state index contributed by atoms with van der Waals surface area (Å²) in [4.78, 5) is 14.6. The number of halogens is 1. The number of aliphatic hydroxyl groups is 1. The van der Waals surface area contributed by atoms with Crippen LogP contribution in [0.25, 0.3) is 0 Å². The minimum atomic E-state index is -3.84. The summed E-state index contributed by atoms with van der Waals surface area (Å²) in [6, 6.07) is 14.9. The molecule has 34 heavy (non-hydrogen) atoms. The number of piperidine rings is 1. The molecule has 2 aliphatic rings. The minimum Gasteiger partial charge on any atom is -0.448 e.